The zero-order valence-corrected chi connectivity index (χ0v) is 19.9. The second-order valence-electron chi connectivity index (χ2n) is 8.69. The van der Waals surface area contributed by atoms with Crippen molar-refractivity contribution in [2.45, 2.75) is 32.2 Å². The summed E-state index contributed by atoms with van der Waals surface area (Å²) in [6.07, 6.45) is 7.88. The van der Waals surface area contributed by atoms with Gasteiger partial charge in [-0.05, 0) is 81.7 Å². The van der Waals surface area contributed by atoms with Crippen molar-refractivity contribution in [1.29, 1.82) is 0 Å². The van der Waals surface area contributed by atoms with Gasteiger partial charge in [-0.15, -0.1) is 0 Å². The fourth-order valence-corrected chi connectivity index (χ4v) is 5.43. The predicted molar refractivity (Wildman–Crippen MR) is 128 cm³/mol. The quantitative estimate of drug-likeness (QED) is 0.553. The predicted octanol–water partition coefficient (Wildman–Crippen LogP) is 4.12. The third-order valence-corrected chi connectivity index (χ3v) is 7.18. The highest BCUT2D eigenvalue weighted by Crippen LogP contribution is 2.38. The first kappa shape index (κ1) is 21.3. The lowest BCUT2D eigenvalue weighted by molar-refractivity contribution is -0.132. The maximum absolute atomic E-state index is 12.9. The van der Waals surface area contributed by atoms with Crippen LogP contribution < -0.4 is 0 Å². The molecule has 1 unspecified atom stereocenters. The number of amides is 1. The topological polar surface area (TPSA) is 49.3 Å². The maximum atomic E-state index is 12.9. The first-order valence-electron chi connectivity index (χ1n) is 11.2. The summed E-state index contributed by atoms with van der Waals surface area (Å²) in [5.41, 5.74) is 7.66. The standard InChI is InChI=1S/C26H27BrN4O/c1-18-3-2-4-23-22(18)6-5-20-16-21(27)17-29-25(20)26(23)31-13-11-30(12-14-31)24(32)15-19-7-9-28-10-8-19/h2-4,7-10,16-17,26H,5-6,11-15H2,1H3. The second-order valence-corrected chi connectivity index (χ2v) is 9.61. The van der Waals surface area contributed by atoms with Crippen LogP contribution in [0.1, 0.15) is 39.6 Å². The summed E-state index contributed by atoms with van der Waals surface area (Å²) in [7, 11) is 0. The van der Waals surface area contributed by atoms with Crippen molar-refractivity contribution >= 4 is 21.8 Å². The summed E-state index contributed by atoms with van der Waals surface area (Å²) in [6.45, 7) is 5.39. The van der Waals surface area contributed by atoms with Gasteiger partial charge in [0.15, 0.2) is 0 Å². The van der Waals surface area contributed by atoms with Crippen LogP contribution in [0.4, 0.5) is 0 Å². The monoisotopic (exact) mass is 490 g/mol. The Kier molecular flexibility index (Phi) is 6.07. The molecule has 1 aliphatic heterocycles. The number of carbonyl (C=O) groups is 1. The first-order chi connectivity index (χ1) is 15.6. The molecule has 1 aliphatic carbocycles. The number of piperazine rings is 1. The minimum absolute atomic E-state index is 0.132. The summed E-state index contributed by atoms with van der Waals surface area (Å²) < 4.78 is 1.03. The van der Waals surface area contributed by atoms with Crippen molar-refractivity contribution in [1.82, 2.24) is 19.8 Å². The Bertz CT molecular complexity index is 1130. The number of benzene rings is 1. The van der Waals surface area contributed by atoms with Crippen LogP contribution in [0.2, 0.25) is 0 Å². The first-order valence-corrected chi connectivity index (χ1v) is 12.0. The average Bonchev–Trinajstić information content (AvgIpc) is 2.97. The number of fused-ring (bicyclic) bond motifs is 2. The third-order valence-electron chi connectivity index (χ3n) is 6.75. The number of pyridine rings is 2. The van der Waals surface area contributed by atoms with E-state index in [4.69, 9.17) is 4.98 Å². The molecule has 1 saturated heterocycles. The van der Waals surface area contributed by atoms with Crippen molar-refractivity contribution in [2.24, 2.45) is 0 Å². The zero-order valence-electron chi connectivity index (χ0n) is 18.3. The van der Waals surface area contributed by atoms with Gasteiger partial charge in [0.25, 0.3) is 0 Å². The summed E-state index contributed by atoms with van der Waals surface area (Å²) in [6, 6.07) is 12.8. The number of halogens is 1. The number of aryl methyl sites for hydroxylation is 2. The maximum Gasteiger partial charge on any atom is 0.227 e. The Morgan fingerprint density at radius 2 is 1.88 bits per heavy atom. The smallest absolute Gasteiger partial charge is 0.227 e. The zero-order chi connectivity index (χ0) is 22.1. The lowest BCUT2D eigenvalue weighted by Gasteiger charge is -2.40. The van der Waals surface area contributed by atoms with Crippen molar-refractivity contribution in [3.63, 3.8) is 0 Å². The van der Waals surface area contributed by atoms with Gasteiger partial charge in [0.05, 0.1) is 18.2 Å². The molecule has 0 radical (unpaired) electrons. The van der Waals surface area contributed by atoms with Crippen molar-refractivity contribution in [3.8, 4) is 0 Å². The van der Waals surface area contributed by atoms with Crippen LogP contribution in [0, 0.1) is 6.92 Å². The largest absolute Gasteiger partial charge is 0.340 e. The van der Waals surface area contributed by atoms with Crippen molar-refractivity contribution < 1.29 is 4.79 Å². The molecule has 0 bridgehead atoms. The van der Waals surface area contributed by atoms with Crippen molar-refractivity contribution in [3.05, 3.63) is 93.0 Å². The van der Waals surface area contributed by atoms with E-state index in [0.717, 1.165) is 54.8 Å². The highest BCUT2D eigenvalue weighted by molar-refractivity contribution is 9.10. The van der Waals surface area contributed by atoms with Crippen LogP contribution >= 0.6 is 15.9 Å². The molecule has 2 aromatic heterocycles. The molecule has 2 aliphatic rings. The summed E-state index contributed by atoms with van der Waals surface area (Å²) in [5.74, 6) is 0.190. The number of aromatic nitrogens is 2. The molecule has 1 fully saturated rings. The Morgan fingerprint density at radius 3 is 2.66 bits per heavy atom. The number of hydrogen-bond donors (Lipinski definition) is 0. The molecule has 1 aromatic carbocycles. The summed E-state index contributed by atoms with van der Waals surface area (Å²) in [5, 5.41) is 0. The van der Waals surface area contributed by atoms with E-state index in [2.05, 4.69) is 57.0 Å². The molecule has 3 aromatic rings. The molecular formula is C26H27BrN4O. The fourth-order valence-electron chi connectivity index (χ4n) is 5.05. The van der Waals surface area contributed by atoms with E-state index in [0.29, 0.717) is 6.42 Å². The van der Waals surface area contributed by atoms with Gasteiger partial charge in [-0.2, -0.15) is 0 Å². The van der Waals surface area contributed by atoms with E-state index in [1.165, 1.54) is 22.3 Å². The Balaban J connectivity index is 1.39. The van der Waals surface area contributed by atoms with E-state index < -0.39 is 0 Å². The molecule has 5 nitrogen and oxygen atoms in total. The molecule has 6 heteroatoms. The van der Waals surface area contributed by atoms with Crippen LogP contribution in [-0.4, -0.2) is 51.9 Å². The van der Waals surface area contributed by atoms with Crippen LogP contribution in [0.25, 0.3) is 0 Å². The molecule has 1 amide bonds. The van der Waals surface area contributed by atoms with Gasteiger partial charge in [-0.3, -0.25) is 19.7 Å². The van der Waals surface area contributed by atoms with Gasteiger partial charge in [0.1, 0.15) is 0 Å². The fraction of sp³-hybridized carbons (Fsp3) is 0.346. The number of rotatable bonds is 3. The number of hydrogen-bond acceptors (Lipinski definition) is 4. The van der Waals surface area contributed by atoms with Gasteiger partial charge in [0.2, 0.25) is 5.91 Å². The second kappa shape index (κ2) is 9.12. The van der Waals surface area contributed by atoms with Crippen molar-refractivity contribution in [2.75, 3.05) is 26.2 Å². The van der Waals surface area contributed by atoms with E-state index >= 15 is 0 Å². The number of carbonyl (C=O) groups excluding carboxylic acids is 1. The molecule has 3 heterocycles. The van der Waals surface area contributed by atoms with Gasteiger partial charge in [-0.25, -0.2) is 0 Å². The molecule has 0 spiro atoms. The van der Waals surface area contributed by atoms with Gasteiger partial charge >= 0.3 is 0 Å². The third kappa shape index (κ3) is 4.21. The van der Waals surface area contributed by atoms with Crippen LogP contribution in [0.15, 0.2) is 59.5 Å². The average molecular weight is 491 g/mol. The van der Waals surface area contributed by atoms with Crippen LogP contribution in [0.5, 0.6) is 0 Å². The molecule has 5 rings (SSSR count). The van der Waals surface area contributed by atoms with Crippen LogP contribution in [0.3, 0.4) is 0 Å². The minimum Gasteiger partial charge on any atom is -0.340 e. The van der Waals surface area contributed by atoms with Gasteiger partial charge in [-0.1, -0.05) is 18.2 Å². The summed E-state index contributed by atoms with van der Waals surface area (Å²) in [4.78, 5) is 26.3. The van der Waals surface area contributed by atoms with E-state index in [9.17, 15) is 4.79 Å². The van der Waals surface area contributed by atoms with Gasteiger partial charge in [0, 0.05) is 49.2 Å². The molecule has 164 valence electrons. The number of nitrogens with zero attached hydrogens (tertiary/aromatic N) is 4. The molecule has 0 N–H and O–H groups in total. The minimum atomic E-state index is 0.132. The van der Waals surface area contributed by atoms with E-state index in [1.807, 2.05) is 23.2 Å². The molecule has 0 saturated carbocycles. The molecule has 32 heavy (non-hydrogen) atoms. The summed E-state index contributed by atoms with van der Waals surface area (Å²) >= 11 is 3.61. The van der Waals surface area contributed by atoms with E-state index in [-0.39, 0.29) is 11.9 Å². The molecule has 1 atom stereocenters. The highest BCUT2D eigenvalue weighted by Gasteiger charge is 2.33. The Hall–Kier alpha value is -2.57. The lowest BCUT2D eigenvalue weighted by atomic mass is 9.93. The normalized spacial score (nSPS) is 18.6. The highest BCUT2D eigenvalue weighted by atomic mass is 79.9. The Labute approximate surface area is 197 Å². The Morgan fingerprint density at radius 1 is 1.09 bits per heavy atom. The van der Waals surface area contributed by atoms with Crippen LogP contribution in [-0.2, 0) is 24.1 Å². The SMILES string of the molecule is Cc1cccc2c1CCc1cc(Br)cnc1C2N1CCN(C(=O)Cc2ccncc2)CC1. The van der Waals surface area contributed by atoms with E-state index in [1.54, 1.807) is 12.4 Å². The van der Waals surface area contributed by atoms with Gasteiger partial charge < -0.3 is 4.90 Å². The molecular weight excluding hydrogens is 464 g/mol. The lowest BCUT2D eigenvalue weighted by Crippen LogP contribution is -2.50.